The standard InChI is InChI=1S/C15H22N2O4/c1-5-21-15(3,4)9-16-14(20)17-11-6-7-12(13(18)19)10(2)8-11/h6-8H,5,9H2,1-4H3,(H,18,19)(H2,16,17,20). The van der Waals surface area contributed by atoms with Crippen molar-refractivity contribution in [2.45, 2.75) is 33.3 Å². The number of amides is 2. The Balaban J connectivity index is 2.59. The van der Waals surface area contributed by atoms with Gasteiger partial charge in [-0.2, -0.15) is 0 Å². The van der Waals surface area contributed by atoms with Crippen molar-refractivity contribution in [3.63, 3.8) is 0 Å². The van der Waals surface area contributed by atoms with E-state index in [1.54, 1.807) is 19.1 Å². The van der Waals surface area contributed by atoms with Crippen LogP contribution in [-0.2, 0) is 4.74 Å². The van der Waals surface area contributed by atoms with Gasteiger partial charge in [0.2, 0.25) is 0 Å². The van der Waals surface area contributed by atoms with Crippen molar-refractivity contribution in [2.75, 3.05) is 18.5 Å². The first-order valence-corrected chi connectivity index (χ1v) is 6.78. The van der Waals surface area contributed by atoms with Crippen LogP contribution in [0.3, 0.4) is 0 Å². The number of rotatable bonds is 6. The van der Waals surface area contributed by atoms with Gasteiger partial charge >= 0.3 is 12.0 Å². The molecule has 21 heavy (non-hydrogen) atoms. The van der Waals surface area contributed by atoms with E-state index < -0.39 is 11.6 Å². The van der Waals surface area contributed by atoms with Crippen LogP contribution in [0.1, 0.15) is 36.7 Å². The highest BCUT2D eigenvalue weighted by Crippen LogP contribution is 2.15. The number of carbonyl (C=O) groups is 2. The number of urea groups is 1. The number of carboxylic acids is 1. The van der Waals surface area contributed by atoms with E-state index in [-0.39, 0.29) is 11.6 Å². The lowest BCUT2D eigenvalue weighted by molar-refractivity contribution is -0.00663. The molecule has 0 atom stereocenters. The number of aromatic carboxylic acids is 1. The number of nitrogens with one attached hydrogen (secondary N) is 2. The molecule has 116 valence electrons. The molecule has 1 rings (SSSR count). The zero-order chi connectivity index (χ0) is 16.0. The van der Waals surface area contributed by atoms with Gasteiger partial charge in [-0.3, -0.25) is 0 Å². The molecule has 0 aliphatic heterocycles. The lowest BCUT2D eigenvalue weighted by atomic mass is 10.1. The fraction of sp³-hybridized carbons (Fsp3) is 0.467. The second-order valence-electron chi connectivity index (χ2n) is 5.34. The van der Waals surface area contributed by atoms with E-state index in [0.717, 1.165) is 0 Å². The molecule has 0 spiro atoms. The van der Waals surface area contributed by atoms with Gasteiger partial charge in [0.25, 0.3) is 0 Å². The molecular weight excluding hydrogens is 272 g/mol. The Morgan fingerprint density at radius 2 is 2.00 bits per heavy atom. The van der Waals surface area contributed by atoms with E-state index in [1.165, 1.54) is 6.07 Å². The summed E-state index contributed by atoms with van der Waals surface area (Å²) in [5.41, 5.74) is 0.924. The van der Waals surface area contributed by atoms with Gasteiger partial charge in [-0.25, -0.2) is 9.59 Å². The van der Waals surface area contributed by atoms with Crippen LogP contribution in [0, 0.1) is 6.92 Å². The summed E-state index contributed by atoms with van der Waals surface area (Å²) < 4.78 is 5.48. The zero-order valence-electron chi connectivity index (χ0n) is 12.8. The molecule has 1 aromatic carbocycles. The second kappa shape index (κ2) is 7.08. The van der Waals surface area contributed by atoms with Crippen LogP contribution in [0.4, 0.5) is 10.5 Å². The first-order chi connectivity index (χ1) is 9.75. The minimum atomic E-state index is -0.984. The Bertz CT molecular complexity index is 526. The number of aryl methyl sites for hydroxylation is 1. The second-order valence-corrected chi connectivity index (χ2v) is 5.34. The van der Waals surface area contributed by atoms with Crippen molar-refractivity contribution >= 4 is 17.7 Å². The number of hydrogen-bond donors (Lipinski definition) is 3. The normalized spacial score (nSPS) is 11.0. The Kier molecular flexibility index (Phi) is 5.72. The van der Waals surface area contributed by atoms with Crippen molar-refractivity contribution in [3.8, 4) is 0 Å². The lowest BCUT2D eigenvalue weighted by Gasteiger charge is -2.24. The van der Waals surface area contributed by atoms with Crippen molar-refractivity contribution < 1.29 is 19.4 Å². The number of benzene rings is 1. The Labute approximate surface area is 124 Å². The van der Waals surface area contributed by atoms with Crippen LogP contribution >= 0.6 is 0 Å². The molecule has 0 fully saturated rings. The third-order valence-electron chi connectivity index (χ3n) is 2.92. The molecule has 6 heteroatoms. The number of anilines is 1. The van der Waals surface area contributed by atoms with Gasteiger partial charge in [-0.1, -0.05) is 0 Å². The summed E-state index contributed by atoms with van der Waals surface area (Å²) in [5.74, 6) is -0.984. The van der Waals surface area contributed by atoms with Gasteiger partial charge in [-0.05, 0) is 51.5 Å². The highest BCUT2D eigenvalue weighted by molar-refractivity contribution is 5.92. The summed E-state index contributed by atoms with van der Waals surface area (Å²) in [6, 6.07) is 4.29. The van der Waals surface area contributed by atoms with Gasteiger partial charge in [0, 0.05) is 18.8 Å². The van der Waals surface area contributed by atoms with E-state index in [9.17, 15) is 9.59 Å². The molecule has 0 bridgehead atoms. The Morgan fingerprint density at radius 3 is 2.52 bits per heavy atom. The summed E-state index contributed by atoms with van der Waals surface area (Å²) in [4.78, 5) is 22.7. The van der Waals surface area contributed by atoms with Crippen LogP contribution in [0.15, 0.2) is 18.2 Å². The van der Waals surface area contributed by atoms with Crippen LogP contribution in [0.25, 0.3) is 0 Å². The number of carboxylic acid groups (broad SMARTS) is 1. The highest BCUT2D eigenvalue weighted by Gasteiger charge is 2.18. The summed E-state index contributed by atoms with van der Waals surface area (Å²) >= 11 is 0. The van der Waals surface area contributed by atoms with Crippen LogP contribution in [0.5, 0.6) is 0 Å². The quantitative estimate of drug-likeness (QED) is 0.752. The predicted molar refractivity (Wildman–Crippen MR) is 80.9 cm³/mol. The van der Waals surface area contributed by atoms with Crippen molar-refractivity contribution in [1.29, 1.82) is 0 Å². The van der Waals surface area contributed by atoms with E-state index in [4.69, 9.17) is 9.84 Å². The minimum absolute atomic E-state index is 0.221. The number of hydrogen-bond acceptors (Lipinski definition) is 3. The summed E-state index contributed by atoms with van der Waals surface area (Å²) in [6.07, 6.45) is 0. The SMILES string of the molecule is CCOC(C)(C)CNC(=O)Nc1ccc(C(=O)O)c(C)c1. The largest absolute Gasteiger partial charge is 0.478 e. The maximum absolute atomic E-state index is 11.8. The van der Waals surface area contributed by atoms with Crippen LogP contribution in [0.2, 0.25) is 0 Å². The molecule has 1 aromatic rings. The predicted octanol–water partition coefficient (Wildman–Crippen LogP) is 2.63. The third-order valence-corrected chi connectivity index (χ3v) is 2.92. The Hall–Kier alpha value is -2.08. The highest BCUT2D eigenvalue weighted by atomic mass is 16.5. The van der Waals surface area contributed by atoms with Crippen molar-refractivity contribution in [3.05, 3.63) is 29.3 Å². The number of carbonyl (C=O) groups excluding carboxylic acids is 1. The first kappa shape index (κ1) is 17.0. The first-order valence-electron chi connectivity index (χ1n) is 6.78. The van der Waals surface area contributed by atoms with Gasteiger partial charge in [0.1, 0.15) is 0 Å². The average molecular weight is 294 g/mol. The molecule has 0 saturated heterocycles. The zero-order valence-corrected chi connectivity index (χ0v) is 12.8. The molecule has 0 unspecified atom stereocenters. The molecule has 0 aliphatic carbocycles. The molecule has 0 heterocycles. The molecule has 6 nitrogen and oxygen atoms in total. The van der Waals surface area contributed by atoms with Gasteiger partial charge in [0.15, 0.2) is 0 Å². The third kappa shape index (κ3) is 5.43. The van der Waals surface area contributed by atoms with Crippen LogP contribution < -0.4 is 10.6 Å². The smallest absolute Gasteiger partial charge is 0.335 e. The molecule has 0 aromatic heterocycles. The lowest BCUT2D eigenvalue weighted by Crippen LogP contribution is -2.42. The maximum atomic E-state index is 11.8. The van der Waals surface area contributed by atoms with Crippen LogP contribution in [-0.4, -0.2) is 35.9 Å². The van der Waals surface area contributed by atoms with Gasteiger partial charge in [-0.15, -0.1) is 0 Å². The summed E-state index contributed by atoms with van der Waals surface area (Å²) in [7, 11) is 0. The fourth-order valence-corrected chi connectivity index (χ4v) is 1.89. The molecular formula is C15H22N2O4. The Morgan fingerprint density at radius 1 is 1.33 bits per heavy atom. The van der Waals surface area contributed by atoms with E-state index in [2.05, 4.69) is 10.6 Å². The molecule has 0 aliphatic rings. The minimum Gasteiger partial charge on any atom is -0.478 e. The molecule has 2 amide bonds. The average Bonchev–Trinajstić information content (AvgIpc) is 2.36. The summed E-state index contributed by atoms with van der Waals surface area (Å²) in [5, 5.41) is 14.3. The van der Waals surface area contributed by atoms with Gasteiger partial charge < -0.3 is 20.5 Å². The maximum Gasteiger partial charge on any atom is 0.335 e. The summed E-state index contributed by atoms with van der Waals surface area (Å²) in [6.45, 7) is 8.31. The number of ether oxygens (including phenoxy) is 1. The van der Waals surface area contributed by atoms with Crippen molar-refractivity contribution in [1.82, 2.24) is 5.32 Å². The molecule has 0 radical (unpaired) electrons. The topological polar surface area (TPSA) is 87.7 Å². The van der Waals surface area contributed by atoms with E-state index in [1.807, 2.05) is 20.8 Å². The van der Waals surface area contributed by atoms with E-state index in [0.29, 0.717) is 24.4 Å². The van der Waals surface area contributed by atoms with Crippen molar-refractivity contribution in [2.24, 2.45) is 0 Å². The molecule has 3 N–H and O–H groups in total. The molecule has 0 saturated carbocycles. The monoisotopic (exact) mass is 294 g/mol. The van der Waals surface area contributed by atoms with E-state index >= 15 is 0 Å². The fourth-order valence-electron chi connectivity index (χ4n) is 1.89. The van der Waals surface area contributed by atoms with Gasteiger partial charge in [0.05, 0.1) is 11.2 Å².